The molecule has 0 heterocycles. The molecule has 0 unspecified atom stereocenters. The highest BCUT2D eigenvalue weighted by atomic mass is 79.9. The SMILES string of the molecule is Cc1ccc(C#Cc2ccc(Br)cc2C)cc1. The maximum absolute atomic E-state index is 3.45. The minimum atomic E-state index is 1.05. The molecule has 0 saturated heterocycles. The van der Waals surface area contributed by atoms with Crippen LogP contribution in [0.2, 0.25) is 0 Å². The van der Waals surface area contributed by atoms with Crippen molar-refractivity contribution in [2.45, 2.75) is 13.8 Å². The molecule has 0 fully saturated rings. The average molecular weight is 285 g/mol. The number of rotatable bonds is 0. The first kappa shape index (κ1) is 12.0. The van der Waals surface area contributed by atoms with E-state index in [1.165, 1.54) is 11.1 Å². The van der Waals surface area contributed by atoms with E-state index in [4.69, 9.17) is 0 Å². The van der Waals surface area contributed by atoms with Gasteiger partial charge in [0.1, 0.15) is 0 Å². The third kappa shape index (κ3) is 3.22. The molecule has 0 aliphatic carbocycles. The lowest BCUT2D eigenvalue weighted by atomic mass is 10.1. The van der Waals surface area contributed by atoms with Crippen LogP contribution in [0.4, 0.5) is 0 Å². The number of hydrogen-bond donors (Lipinski definition) is 0. The molecule has 0 nitrogen and oxygen atoms in total. The Morgan fingerprint density at radius 2 is 1.59 bits per heavy atom. The number of aryl methyl sites for hydroxylation is 2. The highest BCUT2D eigenvalue weighted by Gasteiger charge is 1.94. The van der Waals surface area contributed by atoms with Gasteiger partial charge in [0.2, 0.25) is 0 Å². The second kappa shape index (κ2) is 5.21. The van der Waals surface area contributed by atoms with E-state index in [2.05, 4.69) is 72.0 Å². The summed E-state index contributed by atoms with van der Waals surface area (Å²) in [5.41, 5.74) is 4.58. The summed E-state index contributed by atoms with van der Waals surface area (Å²) in [6, 6.07) is 14.4. The van der Waals surface area contributed by atoms with Crippen molar-refractivity contribution in [2.24, 2.45) is 0 Å². The van der Waals surface area contributed by atoms with Crippen LogP contribution >= 0.6 is 15.9 Å². The fraction of sp³-hybridized carbons (Fsp3) is 0.125. The summed E-state index contributed by atoms with van der Waals surface area (Å²) in [4.78, 5) is 0. The zero-order valence-electron chi connectivity index (χ0n) is 9.92. The zero-order chi connectivity index (χ0) is 12.3. The highest BCUT2D eigenvalue weighted by Crippen LogP contribution is 2.15. The predicted octanol–water partition coefficient (Wildman–Crippen LogP) is 4.47. The Morgan fingerprint density at radius 3 is 2.24 bits per heavy atom. The van der Waals surface area contributed by atoms with Crippen molar-refractivity contribution in [1.29, 1.82) is 0 Å². The van der Waals surface area contributed by atoms with Gasteiger partial charge in [0.05, 0.1) is 0 Å². The first-order valence-electron chi connectivity index (χ1n) is 5.50. The van der Waals surface area contributed by atoms with Crippen LogP contribution in [0.1, 0.15) is 22.3 Å². The molecule has 84 valence electrons. The molecule has 0 atom stereocenters. The van der Waals surface area contributed by atoms with Crippen LogP contribution in [0.5, 0.6) is 0 Å². The van der Waals surface area contributed by atoms with Gasteiger partial charge in [-0.05, 0) is 49.7 Å². The topological polar surface area (TPSA) is 0 Å². The molecule has 0 bridgehead atoms. The van der Waals surface area contributed by atoms with E-state index >= 15 is 0 Å². The van der Waals surface area contributed by atoms with Gasteiger partial charge in [-0.1, -0.05) is 45.5 Å². The van der Waals surface area contributed by atoms with E-state index in [1.807, 2.05) is 12.1 Å². The Kier molecular flexibility index (Phi) is 3.66. The van der Waals surface area contributed by atoms with Crippen molar-refractivity contribution in [3.8, 4) is 11.8 Å². The summed E-state index contributed by atoms with van der Waals surface area (Å²) in [6.07, 6.45) is 0. The van der Waals surface area contributed by atoms with Gasteiger partial charge >= 0.3 is 0 Å². The predicted molar refractivity (Wildman–Crippen MR) is 76.0 cm³/mol. The zero-order valence-corrected chi connectivity index (χ0v) is 11.5. The third-order valence-electron chi connectivity index (χ3n) is 2.58. The molecule has 0 aliphatic heterocycles. The van der Waals surface area contributed by atoms with Crippen molar-refractivity contribution in [2.75, 3.05) is 0 Å². The Labute approximate surface area is 111 Å². The minimum absolute atomic E-state index is 1.05. The fourth-order valence-corrected chi connectivity index (χ4v) is 2.02. The molecular weight excluding hydrogens is 272 g/mol. The molecule has 0 aliphatic rings. The van der Waals surface area contributed by atoms with Gasteiger partial charge in [0.15, 0.2) is 0 Å². The van der Waals surface area contributed by atoms with E-state index in [0.29, 0.717) is 0 Å². The number of halogens is 1. The van der Waals surface area contributed by atoms with Gasteiger partial charge in [-0.25, -0.2) is 0 Å². The molecule has 1 heteroatoms. The molecule has 0 radical (unpaired) electrons. The first-order chi connectivity index (χ1) is 8.15. The van der Waals surface area contributed by atoms with Crippen molar-refractivity contribution in [3.63, 3.8) is 0 Å². The lowest BCUT2D eigenvalue weighted by molar-refractivity contribution is 1.42. The molecule has 17 heavy (non-hydrogen) atoms. The average Bonchev–Trinajstić information content (AvgIpc) is 2.30. The van der Waals surface area contributed by atoms with Crippen LogP contribution < -0.4 is 0 Å². The summed E-state index contributed by atoms with van der Waals surface area (Å²) in [5, 5.41) is 0. The smallest absolute Gasteiger partial charge is 0.0279 e. The summed E-state index contributed by atoms with van der Waals surface area (Å²) >= 11 is 3.45. The monoisotopic (exact) mass is 284 g/mol. The molecule has 0 aromatic heterocycles. The number of benzene rings is 2. The van der Waals surface area contributed by atoms with E-state index in [9.17, 15) is 0 Å². The summed E-state index contributed by atoms with van der Waals surface area (Å²) in [5.74, 6) is 6.39. The Balaban J connectivity index is 2.29. The van der Waals surface area contributed by atoms with Crippen LogP contribution in [0.15, 0.2) is 46.9 Å². The minimum Gasteiger partial charge on any atom is -0.0616 e. The molecule has 2 aromatic rings. The summed E-state index contributed by atoms with van der Waals surface area (Å²) in [6.45, 7) is 4.15. The van der Waals surface area contributed by atoms with Crippen LogP contribution in [-0.2, 0) is 0 Å². The Morgan fingerprint density at radius 1 is 0.882 bits per heavy atom. The van der Waals surface area contributed by atoms with Gasteiger partial charge in [-0.15, -0.1) is 0 Å². The molecule has 0 saturated carbocycles. The standard InChI is InChI=1S/C16H13Br/c1-12-3-5-14(6-4-12)7-8-15-9-10-16(17)11-13(15)2/h3-6,9-11H,1-2H3. The van der Waals surface area contributed by atoms with Crippen molar-refractivity contribution in [3.05, 3.63) is 69.2 Å². The van der Waals surface area contributed by atoms with Gasteiger partial charge in [-0.2, -0.15) is 0 Å². The van der Waals surface area contributed by atoms with Crippen molar-refractivity contribution < 1.29 is 0 Å². The number of hydrogen-bond acceptors (Lipinski definition) is 0. The van der Waals surface area contributed by atoms with E-state index in [0.717, 1.165) is 15.6 Å². The Bertz CT molecular complexity index is 583. The van der Waals surface area contributed by atoms with Gasteiger partial charge in [0, 0.05) is 15.6 Å². The molecule has 2 rings (SSSR count). The van der Waals surface area contributed by atoms with Crippen LogP contribution in [0, 0.1) is 25.7 Å². The second-order valence-electron chi connectivity index (χ2n) is 4.08. The van der Waals surface area contributed by atoms with E-state index in [-0.39, 0.29) is 0 Å². The van der Waals surface area contributed by atoms with Gasteiger partial charge < -0.3 is 0 Å². The van der Waals surface area contributed by atoms with Crippen LogP contribution in [-0.4, -0.2) is 0 Å². The lowest BCUT2D eigenvalue weighted by Gasteiger charge is -1.98. The normalized spacial score (nSPS) is 9.59. The summed E-state index contributed by atoms with van der Waals surface area (Å²) < 4.78 is 1.09. The molecule has 0 amide bonds. The lowest BCUT2D eigenvalue weighted by Crippen LogP contribution is -1.82. The van der Waals surface area contributed by atoms with Crippen molar-refractivity contribution in [1.82, 2.24) is 0 Å². The quantitative estimate of drug-likeness (QED) is 0.627. The van der Waals surface area contributed by atoms with Crippen molar-refractivity contribution >= 4 is 15.9 Å². The van der Waals surface area contributed by atoms with E-state index in [1.54, 1.807) is 0 Å². The molecular formula is C16H13Br. The van der Waals surface area contributed by atoms with E-state index < -0.39 is 0 Å². The third-order valence-corrected chi connectivity index (χ3v) is 3.07. The Hall–Kier alpha value is -1.52. The van der Waals surface area contributed by atoms with Crippen LogP contribution in [0.3, 0.4) is 0 Å². The second-order valence-corrected chi connectivity index (χ2v) is 4.99. The largest absolute Gasteiger partial charge is 0.0616 e. The summed E-state index contributed by atoms with van der Waals surface area (Å²) in [7, 11) is 0. The molecule has 0 N–H and O–H groups in total. The molecule has 0 spiro atoms. The van der Waals surface area contributed by atoms with Gasteiger partial charge in [0.25, 0.3) is 0 Å². The van der Waals surface area contributed by atoms with Crippen LogP contribution in [0.25, 0.3) is 0 Å². The highest BCUT2D eigenvalue weighted by molar-refractivity contribution is 9.10. The fourth-order valence-electron chi connectivity index (χ4n) is 1.54. The molecule has 2 aromatic carbocycles. The maximum atomic E-state index is 3.45. The maximum Gasteiger partial charge on any atom is 0.0279 e. The van der Waals surface area contributed by atoms with Gasteiger partial charge in [-0.3, -0.25) is 0 Å². The first-order valence-corrected chi connectivity index (χ1v) is 6.29.